The van der Waals surface area contributed by atoms with Crippen LogP contribution in [0.1, 0.15) is 22.7 Å². The zero-order valence-electron chi connectivity index (χ0n) is 10.7. The van der Waals surface area contributed by atoms with Gasteiger partial charge in [0.1, 0.15) is 0 Å². The molecule has 0 spiro atoms. The van der Waals surface area contributed by atoms with E-state index >= 15 is 0 Å². The van der Waals surface area contributed by atoms with Crippen molar-refractivity contribution in [3.63, 3.8) is 0 Å². The van der Waals surface area contributed by atoms with Gasteiger partial charge in [-0.15, -0.1) is 0 Å². The molecule has 0 aliphatic carbocycles. The first-order valence-corrected chi connectivity index (χ1v) is 6.40. The van der Waals surface area contributed by atoms with Gasteiger partial charge in [-0.3, -0.25) is 4.98 Å². The van der Waals surface area contributed by atoms with E-state index < -0.39 is 0 Å². The normalized spacial score (nSPS) is 12.4. The van der Waals surface area contributed by atoms with E-state index in [1.807, 2.05) is 44.6 Å². The van der Waals surface area contributed by atoms with Crippen molar-refractivity contribution in [1.29, 1.82) is 0 Å². The highest BCUT2D eigenvalue weighted by Crippen LogP contribution is 2.24. The molecular weight excluding hydrogens is 244 g/mol. The molecule has 0 radical (unpaired) electrons. The molecule has 3 heteroatoms. The minimum Gasteiger partial charge on any atom is -0.313 e. The van der Waals surface area contributed by atoms with Gasteiger partial charge in [0.15, 0.2) is 0 Å². The van der Waals surface area contributed by atoms with Crippen LogP contribution in [0.15, 0.2) is 42.7 Å². The molecule has 0 saturated heterocycles. The SMILES string of the molecule is CNC(Cc1ccc(C)cc1Cl)c1ccncc1. The fourth-order valence-corrected chi connectivity index (χ4v) is 2.33. The van der Waals surface area contributed by atoms with E-state index in [-0.39, 0.29) is 6.04 Å². The zero-order valence-corrected chi connectivity index (χ0v) is 11.4. The van der Waals surface area contributed by atoms with E-state index in [1.54, 1.807) is 0 Å². The number of nitrogens with one attached hydrogen (secondary N) is 1. The molecule has 0 aliphatic rings. The summed E-state index contributed by atoms with van der Waals surface area (Å²) in [5.41, 5.74) is 3.58. The molecule has 94 valence electrons. The van der Waals surface area contributed by atoms with Crippen LogP contribution in [0.5, 0.6) is 0 Å². The molecule has 1 unspecified atom stereocenters. The number of hydrogen-bond acceptors (Lipinski definition) is 2. The second-order valence-electron chi connectivity index (χ2n) is 4.42. The Bertz CT molecular complexity index is 511. The molecule has 2 aromatic rings. The molecule has 2 nitrogen and oxygen atoms in total. The van der Waals surface area contributed by atoms with Crippen LogP contribution in [0.4, 0.5) is 0 Å². The molecule has 2 rings (SSSR count). The van der Waals surface area contributed by atoms with Crippen LogP contribution in [-0.4, -0.2) is 12.0 Å². The third kappa shape index (κ3) is 3.09. The lowest BCUT2D eigenvalue weighted by atomic mass is 9.99. The topological polar surface area (TPSA) is 24.9 Å². The van der Waals surface area contributed by atoms with E-state index in [0.29, 0.717) is 0 Å². The van der Waals surface area contributed by atoms with Gasteiger partial charge in [-0.05, 0) is 55.3 Å². The molecule has 0 saturated carbocycles. The van der Waals surface area contributed by atoms with Crippen molar-refractivity contribution in [2.24, 2.45) is 0 Å². The molecule has 1 aromatic carbocycles. The van der Waals surface area contributed by atoms with Crippen LogP contribution in [0.3, 0.4) is 0 Å². The van der Waals surface area contributed by atoms with Gasteiger partial charge in [0, 0.05) is 23.5 Å². The first kappa shape index (κ1) is 13.1. The number of benzene rings is 1. The Morgan fingerprint density at radius 2 is 1.94 bits per heavy atom. The minimum absolute atomic E-state index is 0.258. The lowest BCUT2D eigenvalue weighted by molar-refractivity contribution is 0.591. The summed E-state index contributed by atoms with van der Waals surface area (Å²) in [5.74, 6) is 0. The molecule has 1 atom stereocenters. The summed E-state index contributed by atoms with van der Waals surface area (Å²) in [6, 6.07) is 10.5. The molecule has 0 bridgehead atoms. The third-order valence-corrected chi connectivity index (χ3v) is 3.44. The Kier molecular flexibility index (Phi) is 4.34. The van der Waals surface area contributed by atoms with Crippen molar-refractivity contribution < 1.29 is 0 Å². The number of pyridine rings is 1. The Morgan fingerprint density at radius 1 is 1.22 bits per heavy atom. The summed E-state index contributed by atoms with van der Waals surface area (Å²) >= 11 is 6.28. The van der Waals surface area contributed by atoms with E-state index in [4.69, 9.17) is 11.6 Å². The van der Waals surface area contributed by atoms with E-state index in [1.165, 1.54) is 16.7 Å². The van der Waals surface area contributed by atoms with Gasteiger partial charge in [0.2, 0.25) is 0 Å². The van der Waals surface area contributed by atoms with Crippen molar-refractivity contribution in [2.45, 2.75) is 19.4 Å². The highest BCUT2D eigenvalue weighted by atomic mass is 35.5. The molecule has 0 fully saturated rings. The van der Waals surface area contributed by atoms with Crippen molar-refractivity contribution in [3.8, 4) is 0 Å². The fourth-order valence-electron chi connectivity index (χ4n) is 2.02. The van der Waals surface area contributed by atoms with Crippen molar-refractivity contribution in [1.82, 2.24) is 10.3 Å². The zero-order chi connectivity index (χ0) is 13.0. The van der Waals surface area contributed by atoms with Crippen LogP contribution < -0.4 is 5.32 Å². The van der Waals surface area contributed by atoms with Gasteiger partial charge in [-0.25, -0.2) is 0 Å². The molecule has 18 heavy (non-hydrogen) atoms. The maximum atomic E-state index is 6.28. The lowest BCUT2D eigenvalue weighted by Crippen LogP contribution is -2.19. The van der Waals surface area contributed by atoms with Crippen molar-refractivity contribution in [2.75, 3.05) is 7.05 Å². The monoisotopic (exact) mass is 260 g/mol. The van der Waals surface area contributed by atoms with Gasteiger partial charge in [-0.1, -0.05) is 23.7 Å². The predicted octanol–water partition coefficient (Wildman–Crippen LogP) is 3.55. The molecule has 0 amide bonds. The Labute approximate surface area is 113 Å². The summed E-state index contributed by atoms with van der Waals surface area (Å²) in [7, 11) is 1.97. The summed E-state index contributed by atoms with van der Waals surface area (Å²) in [4.78, 5) is 4.04. The molecule has 1 aromatic heterocycles. The highest BCUT2D eigenvalue weighted by Gasteiger charge is 2.11. The lowest BCUT2D eigenvalue weighted by Gasteiger charge is -2.17. The molecule has 1 heterocycles. The quantitative estimate of drug-likeness (QED) is 0.910. The van der Waals surface area contributed by atoms with Crippen LogP contribution >= 0.6 is 11.6 Å². The summed E-state index contributed by atoms with van der Waals surface area (Å²) < 4.78 is 0. The summed E-state index contributed by atoms with van der Waals surface area (Å²) in [6.07, 6.45) is 4.51. The number of aryl methyl sites for hydroxylation is 1. The van der Waals surface area contributed by atoms with Gasteiger partial charge < -0.3 is 5.32 Å². The maximum absolute atomic E-state index is 6.28. The molecule has 0 aliphatic heterocycles. The van der Waals surface area contributed by atoms with Gasteiger partial charge in [0.05, 0.1) is 0 Å². The smallest absolute Gasteiger partial charge is 0.0441 e. The maximum Gasteiger partial charge on any atom is 0.0441 e. The predicted molar refractivity (Wildman–Crippen MR) is 75.9 cm³/mol. The van der Waals surface area contributed by atoms with Crippen molar-refractivity contribution in [3.05, 3.63) is 64.4 Å². The number of aromatic nitrogens is 1. The first-order valence-electron chi connectivity index (χ1n) is 6.03. The second-order valence-corrected chi connectivity index (χ2v) is 4.83. The Morgan fingerprint density at radius 3 is 2.56 bits per heavy atom. The average Bonchev–Trinajstić information content (AvgIpc) is 2.39. The fraction of sp³-hybridized carbons (Fsp3) is 0.267. The van der Waals surface area contributed by atoms with Crippen LogP contribution in [-0.2, 0) is 6.42 Å². The number of rotatable bonds is 4. The average molecular weight is 261 g/mol. The van der Waals surface area contributed by atoms with Gasteiger partial charge in [0.25, 0.3) is 0 Å². The van der Waals surface area contributed by atoms with E-state index in [2.05, 4.69) is 22.4 Å². The second kappa shape index (κ2) is 5.98. The standard InChI is InChI=1S/C15H17ClN2/c1-11-3-4-13(14(16)9-11)10-15(17-2)12-5-7-18-8-6-12/h3-9,15,17H,10H2,1-2H3. The van der Waals surface area contributed by atoms with E-state index in [0.717, 1.165) is 11.4 Å². The number of halogens is 1. The van der Waals surface area contributed by atoms with Gasteiger partial charge in [-0.2, -0.15) is 0 Å². The Balaban J connectivity index is 2.21. The molecule has 1 N–H and O–H groups in total. The largest absolute Gasteiger partial charge is 0.313 e. The third-order valence-electron chi connectivity index (χ3n) is 3.09. The van der Waals surface area contributed by atoms with Crippen molar-refractivity contribution >= 4 is 11.6 Å². The van der Waals surface area contributed by atoms with E-state index in [9.17, 15) is 0 Å². The highest BCUT2D eigenvalue weighted by molar-refractivity contribution is 6.31. The molecular formula is C15H17ClN2. The van der Waals surface area contributed by atoms with Crippen LogP contribution in [0, 0.1) is 6.92 Å². The minimum atomic E-state index is 0.258. The summed E-state index contributed by atoms with van der Waals surface area (Å²) in [5, 5.41) is 4.16. The number of hydrogen-bond donors (Lipinski definition) is 1. The number of likely N-dealkylation sites (N-methyl/N-ethyl adjacent to an activating group) is 1. The van der Waals surface area contributed by atoms with Crippen LogP contribution in [0.25, 0.3) is 0 Å². The number of nitrogens with zero attached hydrogens (tertiary/aromatic N) is 1. The van der Waals surface area contributed by atoms with Crippen LogP contribution in [0.2, 0.25) is 5.02 Å². The summed E-state index contributed by atoms with van der Waals surface area (Å²) in [6.45, 7) is 2.05. The first-order chi connectivity index (χ1) is 8.70. The Hall–Kier alpha value is -1.38. The van der Waals surface area contributed by atoms with Gasteiger partial charge >= 0.3 is 0 Å².